The smallest absolute Gasteiger partial charge is 0.243 e. The molecule has 112 valence electrons. The lowest BCUT2D eigenvalue weighted by Crippen LogP contribution is -2.24. The van der Waals surface area contributed by atoms with Gasteiger partial charge in [0.25, 0.3) is 0 Å². The molecule has 2 aromatic heterocycles. The fourth-order valence-corrected chi connectivity index (χ4v) is 2.35. The molecule has 0 radical (unpaired) electrons. The first kappa shape index (κ1) is 15.3. The second kappa shape index (κ2) is 7.04. The molecule has 0 aliphatic carbocycles. The van der Waals surface area contributed by atoms with Crippen LogP contribution in [0.25, 0.3) is 0 Å². The Morgan fingerprint density at radius 3 is 2.57 bits per heavy atom. The van der Waals surface area contributed by atoms with E-state index in [0.717, 1.165) is 13.0 Å². The summed E-state index contributed by atoms with van der Waals surface area (Å²) in [6, 6.07) is 1.64. The van der Waals surface area contributed by atoms with Crippen LogP contribution in [-0.2, 0) is 16.6 Å². The van der Waals surface area contributed by atoms with Crippen molar-refractivity contribution in [1.82, 2.24) is 24.7 Å². The zero-order valence-electron chi connectivity index (χ0n) is 11.5. The number of nitrogens with one attached hydrogen (secondary N) is 2. The van der Waals surface area contributed by atoms with Crippen LogP contribution in [0.15, 0.2) is 35.9 Å². The molecule has 0 bridgehead atoms. The molecule has 8 nitrogen and oxygen atoms in total. The van der Waals surface area contributed by atoms with E-state index in [-0.39, 0.29) is 11.4 Å². The summed E-state index contributed by atoms with van der Waals surface area (Å²) in [6.45, 7) is 2.83. The van der Waals surface area contributed by atoms with Gasteiger partial charge in [-0.25, -0.2) is 33.1 Å². The van der Waals surface area contributed by atoms with Crippen LogP contribution in [0.3, 0.4) is 0 Å². The topological polar surface area (TPSA) is 110 Å². The summed E-state index contributed by atoms with van der Waals surface area (Å²) >= 11 is 0. The van der Waals surface area contributed by atoms with E-state index in [0.29, 0.717) is 11.6 Å². The van der Waals surface area contributed by atoms with Gasteiger partial charge < -0.3 is 5.32 Å². The highest BCUT2D eigenvalue weighted by molar-refractivity contribution is 7.89. The standard InChI is InChI=1S/C12H16N6O2S/c1-2-4-14-12-15-7-11(8-16-12)21(19,20)18-6-10-3-5-13-9-17-10/h3,5,7-9,18H,2,4,6H2,1H3,(H,14,15,16). The minimum Gasteiger partial charge on any atom is -0.354 e. The average molecular weight is 308 g/mol. The van der Waals surface area contributed by atoms with Gasteiger partial charge in [0.15, 0.2) is 0 Å². The summed E-state index contributed by atoms with van der Waals surface area (Å²) in [4.78, 5) is 15.7. The molecular weight excluding hydrogens is 292 g/mol. The number of sulfonamides is 1. The summed E-state index contributed by atoms with van der Waals surface area (Å²) in [5, 5.41) is 2.98. The predicted molar refractivity (Wildman–Crippen MR) is 76.9 cm³/mol. The van der Waals surface area contributed by atoms with Crippen molar-refractivity contribution in [3.63, 3.8) is 0 Å². The van der Waals surface area contributed by atoms with Crippen LogP contribution in [0.2, 0.25) is 0 Å². The zero-order chi connectivity index (χ0) is 15.1. The highest BCUT2D eigenvalue weighted by Crippen LogP contribution is 2.08. The Morgan fingerprint density at radius 1 is 1.19 bits per heavy atom. The van der Waals surface area contributed by atoms with Crippen LogP contribution < -0.4 is 10.0 Å². The van der Waals surface area contributed by atoms with Gasteiger partial charge in [0.05, 0.1) is 24.6 Å². The Labute approximate surface area is 123 Å². The van der Waals surface area contributed by atoms with Crippen LogP contribution in [0, 0.1) is 0 Å². The van der Waals surface area contributed by atoms with E-state index in [1.807, 2.05) is 6.92 Å². The van der Waals surface area contributed by atoms with Gasteiger partial charge in [0, 0.05) is 12.7 Å². The lowest BCUT2D eigenvalue weighted by molar-refractivity contribution is 0.579. The van der Waals surface area contributed by atoms with Crippen LogP contribution in [0.4, 0.5) is 5.95 Å². The van der Waals surface area contributed by atoms with Crippen molar-refractivity contribution in [2.24, 2.45) is 0 Å². The maximum absolute atomic E-state index is 12.1. The molecule has 0 saturated heterocycles. The first-order chi connectivity index (χ1) is 10.1. The second-order valence-electron chi connectivity index (χ2n) is 4.19. The van der Waals surface area contributed by atoms with Crippen molar-refractivity contribution in [1.29, 1.82) is 0 Å². The van der Waals surface area contributed by atoms with Crippen molar-refractivity contribution in [3.05, 3.63) is 36.7 Å². The van der Waals surface area contributed by atoms with Crippen LogP contribution in [0.5, 0.6) is 0 Å². The van der Waals surface area contributed by atoms with Crippen molar-refractivity contribution < 1.29 is 8.42 Å². The molecule has 0 atom stereocenters. The van der Waals surface area contributed by atoms with Gasteiger partial charge >= 0.3 is 0 Å². The molecular formula is C12H16N6O2S. The molecule has 0 fully saturated rings. The van der Waals surface area contributed by atoms with E-state index in [9.17, 15) is 8.42 Å². The Bertz CT molecular complexity index is 660. The minimum absolute atomic E-state index is 0.0126. The number of hydrogen-bond donors (Lipinski definition) is 2. The third-order valence-electron chi connectivity index (χ3n) is 2.56. The van der Waals surface area contributed by atoms with E-state index in [2.05, 4.69) is 30.0 Å². The number of nitrogens with zero attached hydrogens (tertiary/aromatic N) is 4. The molecule has 0 saturated carbocycles. The van der Waals surface area contributed by atoms with E-state index in [4.69, 9.17) is 0 Å². The van der Waals surface area contributed by atoms with E-state index < -0.39 is 10.0 Å². The Kier molecular flexibility index (Phi) is 5.12. The van der Waals surface area contributed by atoms with Gasteiger partial charge in [-0.05, 0) is 12.5 Å². The number of rotatable bonds is 7. The Morgan fingerprint density at radius 2 is 1.95 bits per heavy atom. The van der Waals surface area contributed by atoms with Crippen LogP contribution in [-0.4, -0.2) is 34.9 Å². The second-order valence-corrected chi connectivity index (χ2v) is 5.96. The lowest BCUT2D eigenvalue weighted by Gasteiger charge is -2.07. The first-order valence-electron chi connectivity index (χ1n) is 6.42. The largest absolute Gasteiger partial charge is 0.354 e. The molecule has 2 aromatic rings. The predicted octanol–water partition coefficient (Wildman–Crippen LogP) is 0.567. The lowest BCUT2D eigenvalue weighted by atomic mass is 10.4. The molecule has 0 aliphatic heterocycles. The maximum atomic E-state index is 12.1. The third kappa shape index (κ3) is 4.43. The zero-order valence-corrected chi connectivity index (χ0v) is 12.3. The summed E-state index contributed by atoms with van der Waals surface area (Å²) < 4.78 is 26.6. The van der Waals surface area contributed by atoms with Crippen molar-refractivity contribution in [2.45, 2.75) is 24.8 Å². The van der Waals surface area contributed by atoms with E-state index in [1.54, 1.807) is 12.3 Å². The van der Waals surface area contributed by atoms with Crippen molar-refractivity contribution in [3.8, 4) is 0 Å². The quantitative estimate of drug-likeness (QED) is 0.769. The molecule has 0 amide bonds. The van der Waals surface area contributed by atoms with E-state index >= 15 is 0 Å². The summed E-state index contributed by atoms with van der Waals surface area (Å²) in [5.41, 5.74) is 0.579. The van der Waals surface area contributed by atoms with Gasteiger partial charge in [0.2, 0.25) is 16.0 Å². The summed E-state index contributed by atoms with van der Waals surface area (Å²) in [5.74, 6) is 0.409. The molecule has 0 spiro atoms. The van der Waals surface area contributed by atoms with Crippen LogP contribution >= 0.6 is 0 Å². The number of hydrogen-bond acceptors (Lipinski definition) is 7. The average Bonchev–Trinajstić information content (AvgIpc) is 2.52. The molecule has 9 heteroatoms. The van der Waals surface area contributed by atoms with Gasteiger partial charge in [-0.15, -0.1) is 0 Å². The highest BCUT2D eigenvalue weighted by Gasteiger charge is 2.15. The summed E-state index contributed by atoms with van der Waals surface area (Å²) in [6.07, 6.45) is 6.39. The molecule has 21 heavy (non-hydrogen) atoms. The number of aromatic nitrogens is 4. The van der Waals surface area contributed by atoms with Crippen molar-refractivity contribution >= 4 is 16.0 Å². The normalized spacial score (nSPS) is 11.3. The molecule has 2 rings (SSSR count). The maximum Gasteiger partial charge on any atom is 0.243 e. The SMILES string of the molecule is CCCNc1ncc(S(=O)(=O)NCc2ccncn2)cn1. The Hall–Kier alpha value is -2.13. The van der Waals surface area contributed by atoms with Gasteiger partial charge in [-0.3, -0.25) is 0 Å². The third-order valence-corrected chi connectivity index (χ3v) is 3.91. The monoisotopic (exact) mass is 308 g/mol. The van der Waals surface area contributed by atoms with Crippen LogP contribution in [0.1, 0.15) is 19.0 Å². The van der Waals surface area contributed by atoms with Gasteiger partial charge in [-0.1, -0.05) is 6.92 Å². The molecule has 2 N–H and O–H groups in total. The Balaban J connectivity index is 2.02. The molecule has 0 unspecified atom stereocenters. The number of anilines is 1. The van der Waals surface area contributed by atoms with Gasteiger partial charge in [0.1, 0.15) is 11.2 Å². The molecule has 0 aromatic carbocycles. The van der Waals surface area contributed by atoms with Crippen molar-refractivity contribution in [2.75, 3.05) is 11.9 Å². The molecule has 2 heterocycles. The fraction of sp³-hybridized carbons (Fsp3) is 0.333. The highest BCUT2D eigenvalue weighted by atomic mass is 32.2. The molecule has 0 aliphatic rings. The summed E-state index contributed by atoms with van der Waals surface area (Å²) in [7, 11) is -3.66. The minimum atomic E-state index is -3.66. The van der Waals surface area contributed by atoms with E-state index in [1.165, 1.54) is 18.7 Å². The fourth-order valence-electron chi connectivity index (χ4n) is 1.46. The van der Waals surface area contributed by atoms with Gasteiger partial charge in [-0.2, -0.15) is 0 Å². The first-order valence-corrected chi connectivity index (χ1v) is 7.90.